The van der Waals surface area contributed by atoms with Gasteiger partial charge in [-0.15, -0.1) is 0 Å². The Morgan fingerprint density at radius 3 is 2.79 bits per heavy atom. The van der Waals surface area contributed by atoms with Gasteiger partial charge in [-0.1, -0.05) is 17.9 Å². The molecule has 0 amide bonds. The Morgan fingerprint density at radius 1 is 1.36 bits per heavy atom. The number of nitrogens with zero attached hydrogens (tertiary/aromatic N) is 1. The summed E-state index contributed by atoms with van der Waals surface area (Å²) in [7, 11) is 5.93. The Balaban J connectivity index is 2.69. The lowest BCUT2D eigenvalue weighted by Gasteiger charge is -2.01. The molecule has 0 atom stereocenters. The third-order valence-corrected chi connectivity index (χ3v) is 1.78. The zero-order chi connectivity index (χ0) is 10.4. The first kappa shape index (κ1) is 10.6. The summed E-state index contributed by atoms with van der Waals surface area (Å²) in [6.45, 7) is 0.795. The first-order valence-electron chi connectivity index (χ1n) is 4.64. The van der Waals surface area contributed by atoms with Gasteiger partial charge in [-0.2, -0.15) is 0 Å². The third kappa shape index (κ3) is 3.51. The van der Waals surface area contributed by atoms with E-state index in [0.717, 1.165) is 17.8 Å². The zero-order valence-electron chi connectivity index (χ0n) is 8.96. The maximum atomic E-state index is 3.12. The molecule has 0 saturated carbocycles. The van der Waals surface area contributed by atoms with Crippen molar-refractivity contribution < 1.29 is 0 Å². The van der Waals surface area contributed by atoms with Gasteiger partial charge in [-0.25, -0.2) is 0 Å². The normalized spacial score (nSPS) is 9.43. The maximum absolute atomic E-state index is 3.12. The molecule has 2 heteroatoms. The van der Waals surface area contributed by atoms with E-state index in [1.54, 1.807) is 0 Å². The van der Waals surface area contributed by atoms with Gasteiger partial charge in [0.1, 0.15) is 0 Å². The van der Waals surface area contributed by atoms with Crippen LogP contribution in [0.1, 0.15) is 5.56 Å². The van der Waals surface area contributed by atoms with E-state index in [4.69, 9.17) is 0 Å². The third-order valence-electron chi connectivity index (χ3n) is 1.78. The minimum absolute atomic E-state index is 0.795. The van der Waals surface area contributed by atoms with E-state index in [-0.39, 0.29) is 0 Å². The second-order valence-electron chi connectivity index (χ2n) is 3.37. The Bertz CT molecular complexity index is 345. The molecule has 1 aromatic rings. The second-order valence-corrected chi connectivity index (χ2v) is 3.37. The van der Waals surface area contributed by atoms with Crippen molar-refractivity contribution in [1.82, 2.24) is 4.90 Å². The predicted octanol–water partition coefficient (Wildman–Crippen LogP) is 1.64. The van der Waals surface area contributed by atoms with Crippen LogP contribution in [0, 0.1) is 11.8 Å². The first-order valence-corrected chi connectivity index (χ1v) is 4.64. The van der Waals surface area contributed by atoms with Gasteiger partial charge in [0, 0.05) is 18.3 Å². The number of anilines is 1. The summed E-state index contributed by atoms with van der Waals surface area (Å²) < 4.78 is 0. The van der Waals surface area contributed by atoms with E-state index >= 15 is 0 Å². The molecule has 1 rings (SSSR count). The molecular formula is C12H16N2. The fraction of sp³-hybridized carbons (Fsp3) is 0.333. The van der Waals surface area contributed by atoms with E-state index in [0.29, 0.717) is 0 Å². The summed E-state index contributed by atoms with van der Waals surface area (Å²) in [6.07, 6.45) is 0. The van der Waals surface area contributed by atoms with Gasteiger partial charge in [0.15, 0.2) is 0 Å². The fourth-order valence-electron chi connectivity index (χ4n) is 1.05. The molecule has 0 heterocycles. The van der Waals surface area contributed by atoms with E-state index in [2.05, 4.69) is 22.1 Å². The largest absolute Gasteiger partial charge is 0.388 e. The molecule has 0 aliphatic carbocycles. The summed E-state index contributed by atoms with van der Waals surface area (Å²) in [5, 5.41) is 3.09. The van der Waals surface area contributed by atoms with Gasteiger partial charge in [-0.05, 0) is 32.3 Å². The number of rotatable bonds is 2. The molecule has 0 aliphatic rings. The number of hydrogen-bond donors (Lipinski definition) is 1. The van der Waals surface area contributed by atoms with Gasteiger partial charge < -0.3 is 5.32 Å². The first-order chi connectivity index (χ1) is 6.72. The summed E-state index contributed by atoms with van der Waals surface area (Å²) in [6, 6.07) is 8.09. The summed E-state index contributed by atoms with van der Waals surface area (Å²) >= 11 is 0. The number of benzene rings is 1. The average Bonchev–Trinajstić information content (AvgIpc) is 2.18. The molecule has 0 bridgehead atoms. The van der Waals surface area contributed by atoms with E-state index < -0.39 is 0 Å². The van der Waals surface area contributed by atoms with Crippen molar-refractivity contribution in [3.05, 3.63) is 29.8 Å². The van der Waals surface area contributed by atoms with Crippen LogP contribution in [0.5, 0.6) is 0 Å². The minimum Gasteiger partial charge on any atom is -0.388 e. The minimum atomic E-state index is 0.795. The van der Waals surface area contributed by atoms with Crippen LogP contribution >= 0.6 is 0 Å². The van der Waals surface area contributed by atoms with E-state index in [1.807, 2.05) is 45.4 Å². The highest BCUT2D eigenvalue weighted by molar-refractivity contribution is 5.49. The quantitative estimate of drug-likeness (QED) is 0.710. The van der Waals surface area contributed by atoms with Crippen LogP contribution in [0.15, 0.2) is 24.3 Å². The molecule has 1 aromatic carbocycles. The predicted molar refractivity (Wildman–Crippen MR) is 61.4 cm³/mol. The van der Waals surface area contributed by atoms with Crippen molar-refractivity contribution in [2.45, 2.75) is 0 Å². The van der Waals surface area contributed by atoms with Crippen LogP contribution in [-0.2, 0) is 0 Å². The van der Waals surface area contributed by atoms with Gasteiger partial charge in [-0.3, -0.25) is 4.90 Å². The molecule has 74 valence electrons. The summed E-state index contributed by atoms with van der Waals surface area (Å²) in [4.78, 5) is 2.05. The van der Waals surface area contributed by atoms with Crippen molar-refractivity contribution >= 4 is 5.69 Å². The molecule has 0 radical (unpaired) electrons. The zero-order valence-corrected chi connectivity index (χ0v) is 8.96. The lowest BCUT2D eigenvalue weighted by Crippen LogP contribution is -2.10. The van der Waals surface area contributed by atoms with Gasteiger partial charge >= 0.3 is 0 Å². The van der Waals surface area contributed by atoms with Crippen LogP contribution in [0.2, 0.25) is 0 Å². The van der Waals surface area contributed by atoms with Gasteiger partial charge in [0.2, 0.25) is 0 Å². The SMILES string of the molecule is CNc1cccc(C#CCN(C)C)c1. The van der Waals surface area contributed by atoms with Crippen molar-refractivity contribution in [1.29, 1.82) is 0 Å². The molecule has 0 saturated heterocycles. The van der Waals surface area contributed by atoms with Crippen molar-refractivity contribution in [3.63, 3.8) is 0 Å². The van der Waals surface area contributed by atoms with Crippen LogP contribution in [0.4, 0.5) is 5.69 Å². The monoisotopic (exact) mass is 188 g/mol. The lowest BCUT2D eigenvalue weighted by molar-refractivity contribution is 0.464. The van der Waals surface area contributed by atoms with Crippen LogP contribution in [0.25, 0.3) is 0 Å². The molecule has 14 heavy (non-hydrogen) atoms. The molecule has 1 N–H and O–H groups in total. The molecule has 0 fully saturated rings. The highest BCUT2D eigenvalue weighted by atomic mass is 15.0. The van der Waals surface area contributed by atoms with E-state index in [1.165, 1.54) is 0 Å². The van der Waals surface area contributed by atoms with E-state index in [9.17, 15) is 0 Å². The van der Waals surface area contributed by atoms with Gasteiger partial charge in [0.05, 0.1) is 6.54 Å². The Labute approximate surface area is 85.9 Å². The topological polar surface area (TPSA) is 15.3 Å². The average molecular weight is 188 g/mol. The molecule has 0 aliphatic heterocycles. The van der Waals surface area contributed by atoms with Crippen LogP contribution in [0.3, 0.4) is 0 Å². The van der Waals surface area contributed by atoms with Crippen LogP contribution < -0.4 is 5.32 Å². The van der Waals surface area contributed by atoms with Crippen molar-refractivity contribution in [3.8, 4) is 11.8 Å². The Kier molecular flexibility index (Phi) is 4.03. The standard InChI is InChI=1S/C12H16N2/c1-13-12-8-4-6-11(10-12)7-5-9-14(2)3/h4,6,8,10,13H,9H2,1-3H3. The highest BCUT2D eigenvalue weighted by Crippen LogP contribution is 2.07. The van der Waals surface area contributed by atoms with Crippen molar-refractivity contribution in [2.75, 3.05) is 33.0 Å². The van der Waals surface area contributed by atoms with Gasteiger partial charge in [0.25, 0.3) is 0 Å². The molecule has 2 nitrogen and oxygen atoms in total. The van der Waals surface area contributed by atoms with Crippen LogP contribution in [-0.4, -0.2) is 32.6 Å². The summed E-state index contributed by atoms with van der Waals surface area (Å²) in [5.74, 6) is 6.22. The maximum Gasteiger partial charge on any atom is 0.0600 e. The number of nitrogens with one attached hydrogen (secondary N) is 1. The molecule has 0 spiro atoms. The number of hydrogen-bond acceptors (Lipinski definition) is 2. The Hall–Kier alpha value is -1.46. The molecule has 0 aromatic heterocycles. The summed E-state index contributed by atoms with van der Waals surface area (Å²) in [5.41, 5.74) is 2.15. The Morgan fingerprint density at radius 2 is 2.14 bits per heavy atom. The second kappa shape index (κ2) is 5.31. The van der Waals surface area contributed by atoms with Crippen molar-refractivity contribution in [2.24, 2.45) is 0 Å². The highest BCUT2D eigenvalue weighted by Gasteiger charge is 1.89. The smallest absolute Gasteiger partial charge is 0.0600 e. The lowest BCUT2D eigenvalue weighted by atomic mass is 10.2. The molecule has 0 unspecified atom stereocenters. The molecular weight excluding hydrogens is 172 g/mol. The fourth-order valence-corrected chi connectivity index (χ4v) is 1.05.